The number of rotatable bonds is 6. The van der Waals surface area contributed by atoms with Crippen molar-refractivity contribution in [1.82, 2.24) is 19.7 Å². The summed E-state index contributed by atoms with van der Waals surface area (Å²) in [5.41, 5.74) is 0.961. The summed E-state index contributed by atoms with van der Waals surface area (Å²) in [7, 11) is 3.58. The van der Waals surface area contributed by atoms with Crippen LogP contribution < -0.4 is 4.74 Å². The number of nitrogens with zero attached hydrogens (tertiary/aromatic N) is 4. The number of aromatic nitrogens is 3. The Morgan fingerprint density at radius 1 is 1.22 bits per heavy atom. The van der Waals surface area contributed by atoms with E-state index in [9.17, 15) is 4.79 Å². The molecule has 1 aliphatic carbocycles. The van der Waals surface area contributed by atoms with Gasteiger partial charge in [0.15, 0.2) is 5.16 Å². The summed E-state index contributed by atoms with van der Waals surface area (Å²) in [6.07, 6.45) is 4.63. The van der Waals surface area contributed by atoms with Crippen LogP contribution in [0.15, 0.2) is 29.4 Å². The Bertz CT molecular complexity index is 767. The van der Waals surface area contributed by atoms with Gasteiger partial charge in [0.05, 0.1) is 12.9 Å². The molecule has 0 atom stereocenters. The molecule has 6 nitrogen and oxygen atoms in total. The first-order chi connectivity index (χ1) is 13.0. The highest BCUT2D eigenvalue weighted by Crippen LogP contribution is 2.28. The van der Waals surface area contributed by atoms with Gasteiger partial charge in [-0.3, -0.25) is 9.36 Å². The van der Waals surface area contributed by atoms with Gasteiger partial charge in [0.2, 0.25) is 5.91 Å². The van der Waals surface area contributed by atoms with E-state index in [2.05, 4.69) is 17.1 Å². The fourth-order valence-corrected chi connectivity index (χ4v) is 4.45. The van der Waals surface area contributed by atoms with Gasteiger partial charge in [0.25, 0.3) is 0 Å². The highest BCUT2D eigenvalue weighted by Gasteiger charge is 2.25. The number of methoxy groups -OCH3 is 1. The third kappa shape index (κ3) is 4.64. The maximum absolute atomic E-state index is 12.7. The minimum atomic E-state index is 0.154. The van der Waals surface area contributed by atoms with E-state index in [1.54, 1.807) is 7.11 Å². The number of amides is 1. The average molecular weight is 389 g/mol. The molecular weight excluding hydrogens is 360 g/mol. The number of benzene rings is 1. The summed E-state index contributed by atoms with van der Waals surface area (Å²) in [5, 5.41) is 9.19. The van der Waals surface area contributed by atoms with Crippen LogP contribution in [0.5, 0.6) is 5.75 Å². The molecule has 27 heavy (non-hydrogen) atoms. The van der Waals surface area contributed by atoms with Crippen LogP contribution in [0.4, 0.5) is 0 Å². The van der Waals surface area contributed by atoms with Gasteiger partial charge in [-0.05, 0) is 62.8 Å². The topological polar surface area (TPSA) is 60.2 Å². The molecule has 7 heteroatoms. The zero-order chi connectivity index (χ0) is 19.4. The molecule has 1 saturated carbocycles. The molecule has 1 aromatic heterocycles. The minimum absolute atomic E-state index is 0.154. The molecular formula is C20H28N4O2S. The first kappa shape index (κ1) is 19.7. The molecule has 3 rings (SSSR count). The van der Waals surface area contributed by atoms with Crippen molar-refractivity contribution in [1.29, 1.82) is 0 Å². The van der Waals surface area contributed by atoms with E-state index in [0.717, 1.165) is 41.2 Å². The fourth-order valence-electron chi connectivity index (χ4n) is 3.53. The number of hydrogen-bond donors (Lipinski definition) is 0. The van der Waals surface area contributed by atoms with Crippen molar-refractivity contribution < 1.29 is 9.53 Å². The van der Waals surface area contributed by atoms with Crippen LogP contribution in [0.1, 0.15) is 38.4 Å². The van der Waals surface area contributed by atoms with E-state index in [0.29, 0.717) is 11.8 Å². The Hall–Kier alpha value is -2.02. The van der Waals surface area contributed by atoms with E-state index in [1.807, 2.05) is 47.7 Å². The number of carbonyl (C=O) groups excluding carboxylic acids is 1. The van der Waals surface area contributed by atoms with Crippen LogP contribution in [0, 0.1) is 12.8 Å². The quantitative estimate of drug-likeness (QED) is 0.706. The maximum atomic E-state index is 12.7. The van der Waals surface area contributed by atoms with Crippen molar-refractivity contribution in [3.8, 4) is 11.4 Å². The van der Waals surface area contributed by atoms with Gasteiger partial charge >= 0.3 is 0 Å². The predicted molar refractivity (Wildman–Crippen MR) is 108 cm³/mol. The molecule has 1 aliphatic rings. The standard InChI is InChI=1S/C20H28N4O2S/c1-14-5-7-16(8-6-14)23(3)19(25)13-27-20-22-21-15(2)24(20)17-9-11-18(26-4)12-10-17/h9-12,14,16H,5-8,13H2,1-4H3. The first-order valence-electron chi connectivity index (χ1n) is 9.44. The second-order valence-electron chi connectivity index (χ2n) is 7.27. The number of carbonyl (C=O) groups is 1. The zero-order valence-corrected chi connectivity index (χ0v) is 17.3. The number of thioether (sulfide) groups is 1. The highest BCUT2D eigenvalue weighted by atomic mass is 32.2. The second-order valence-corrected chi connectivity index (χ2v) is 8.21. The molecule has 1 heterocycles. The third-order valence-corrected chi connectivity index (χ3v) is 6.29. The number of aryl methyl sites for hydroxylation is 1. The molecule has 0 N–H and O–H groups in total. The molecule has 2 aromatic rings. The Kier molecular flexibility index (Phi) is 6.42. The first-order valence-corrected chi connectivity index (χ1v) is 10.4. The normalized spacial score (nSPS) is 19.7. The Balaban J connectivity index is 1.65. The maximum Gasteiger partial charge on any atom is 0.233 e. The van der Waals surface area contributed by atoms with Gasteiger partial charge in [-0.25, -0.2) is 0 Å². The Labute approximate surface area is 165 Å². The lowest BCUT2D eigenvalue weighted by Crippen LogP contribution is -2.40. The lowest BCUT2D eigenvalue weighted by molar-refractivity contribution is -0.129. The van der Waals surface area contributed by atoms with Gasteiger partial charge < -0.3 is 9.64 Å². The second kappa shape index (κ2) is 8.78. The SMILES string of the molecule is COc1ccc(-n2c(C)nnc2SCC(=O)N(C)C2CCC(C)CC2)cc1. The van der Waals surface area contributed by atoms with Crippen LogP contribution in [0.3, 0.4) is 0 Å². The van der Waals surface area contributed by atoms with Crippen LogP contribution >= 0.6 is 11.8 Å². The summed E-state index contributed by atoms with van der Waals surface area (Å²) in [4.78, 5) is 14.6. The summed E-state index contributed by atoms with van der Waals surface area (Å²) in [6, 6.07) is 8.13. The summed E-state index contributed by atoms with van der Waals surface area (Å²) >= 11 is 1.44. The van der Waals surface area contributed by atoms with Gasteiger partial charge in [-0.15, -0.1) is 10.2 Å². The van der Waals surface area contributed by atoms with Crippen molar-refractivity contribution >= 4 is 17.7 Å². The average Bonchev–Trinajstić information content (AvgIpc) is 3.06. The Morgan fingerprint density at radius 2 is 1.89 bits per heavy atom. The molecule has 1 amide bonds. The fraction of sp³-hybridized carbons (Fsp3) is 0.550. The van der Waals surface area contributed by atoms with E-state index in [4.69, 9.17) is 4.74 Å². The molecule has 1 fully saturated rings. The third-order valence-electron chi connectivity index (χ3n) is 5.38. The van der Waals surface area contributed by atoms with Crippen LogP contribution in [0.25, 0.3) is 5.69 Å². The van der Waals surface area contributed by atoms with Crippen molar-refractivity contribution in [2.45, 2.75) is 50.7 Å². The van der Waals surface area contributed by atoms with Crippen molar-refractivity contribution in [3.05, 3.63) is 30.1 Å². The molecule has 0 radical (unpaired) electrons. The molecule has 0 bridgehead atoms. The Morgan fingerprint density at radius 3 is 2.52 bits per heavy atom. The van der Waals surface area contributed by atoms with Crippen LogP contribution in [-0.4, -0.2) is 51.5 Å². The molecule has 146 valence electrons. The van der Waals surface area contributed by atoms with Gasteiger partial charge in [0, 0.05) is 18.8 Å². The van der Waals surface area contributed by atoms with E-state index in [-0.39, 0.29) is 5.91 Å². The lowest BCUT2D eigenvalue weighted by atomic mass is 9.87. The summed E-state index contributed by atoms with van der Waals surface area (Å²) in [6.45, 7) is 4.21. The highest BCUT2D eigenvalue weighted by molar-refractivity contribution is 7.99. The minimum Gasteiger partial charge on any atom is -0.497 e. The van der Waals surface area contributed by atoms with E-state index < -0.39 is 0 Å². The van der Waals surface area contributed by atoms with E-state index >= 15 is 0 Å². The zero-order valence-electron chi connectivity index (χ0n) is 16.5. The molecule has 1 aromatic carbocycles. The molecule has 0 spiro atoms. The van der Waals surface area contributed by atoms with Gasteiger partial charge in [-0.2, -0.15) is 0 Å². The lowest BCUT2D eigenvalue weighted by Gasteiger charge is -2.33. The number of ether oxygens (including phenoxy) is 1. The van der Waals surface area contributed by atoms with Gasteiger partial charge in [-0.1, -0.05) is 18.7 Å². The predicted octanol–water partition coefficient (Wildman–Crippen LogP) is 3.71. The monoisotopic (exact) mass is 388 g/mol. The van der Waals surface area contributed by atoms with Crippen molar-refractivity contribution in [2.75, 3.05) is 19.9 Å². The van der Waals surface area contributed by atoms with Crippen molar-refractivity contribution in [2.24, 2.45) is 5.92 Å². The largest absolute Gasteiger partial charge is 0.497 e. The molecule has 0 saturated heterocycles. The van der Waals surface area contributed by atoms with Crippen LogP contribution in [0.2, 0.25) is 0 Å². The van der Waals surface area contributed by atoms with Gasteiger partial charge in [0.1, 0.15) is 11.6 Å². The summed E-state index contributed by atoms with van der Waals surface area (Å²) in [5.74, 6) is 2.91. The van der Waals surface area contributed by atoms with E-state index in [1.165, 1.54) is 24.6 Å². The number of hydrogen-bond acceptors (Lipinski definition) is 5. The summed E-state index contributed by atoms with van der Waals surface area (Å²) < 4.78 is 7.19. The van der Waals surface area contributed by atoms with Crippen LogP contribution in [-0.2, 0) is 4.79 Å². The smallest absolute Gasteiger partial charge is 0.233 e. The van der Waals surface area contributed by atoms with Crippen molar-refractivity contribution in [3.63, 3.8) is 0 Å². The molecule has 0 aliphatic heterocycles. The molecule has 0 unspecified atom stereocenters.